The topological polar surface area (TPSA) is 99.4 Å². The van der Waals surface area contributed by atoms with Gasteiger partial charge in [-0.1, -0.05) is 17.4 Å². The molecule has 0 spiro atoms. The summed E-state index contributed by atoms with van der Waals surface area (Å²) in [6.07, 6.45) is 1.06. The van der Waals surface area contributed by atoms with Gasteiger partial charge in [-0.05, 0) is 31.2 Å². The lowest BCUT2D eigenvalue weighted by molar-refractivity contribution is -0.121. The fourth-order valence-electron chi connectivity index (χ4n) is 3.97. The van der Waals surface area contributed by atoms with Crippen molar-refractivity contribution >= 4 is 48.8 Å². The standard InChI is InChI=1S/C22H27N3O6S3/c1-4-31-11-10-24-16-13-17(29-2)18(30-3)14-19(16)33-22(24)23-21(26)15-7-5-9-25(15)34(27,28)20-8-6-12-32-20/h6,8,12-15H,4-5,7,9-11H2,1-3H3. The molecular weight excluding hydrogens is 498 g/mol. The average Bonchev–Trinajstić information content (AvgIpc) is 3.59. The van der Waals surface area contributed by atoms with Gasteiger partial charge in [-0.15, -0.1) is 11.3 Å². The van der Waals surface area contributed by atoms with Gasteiger partial charge in [-0.2, -0.15) is 9.30 Å². The lowest BCUT2D eigenvalue weighted by Gasteiger charge is -2.20. The van der Waals surface area contributed by atoms with Crippen LogP contribution in [0.25, 0.3) is 10.2 Å². The molecule has 0 aliphatic carbocycles. The van der Waals surface area contributed by atoms with Crippen molar-refractivity contribution < 1.29 is 27.4 Å². The van der Waals surface area contributed by atoms with Crippen LogP contribution in [0.5, 0.6) is 11.5 Å². The molecule has 1 atom stereocenters. The van der Waals surface area contributed by atoms with Gasteiger partial charge >= 0.3 is 0 Å². The van der Waals surface area contributed by atoms with Gasteiger partial charge in [0.05, 0.1) is 31.0 Å². The third-order valence-electron chi connectivity index (χ3n) is 5.60. The highest BCUT2D eigenvalue weighted by molar-refractivity contribution is 7.91. The first-order valence-corrected chi connectivity index (χ1v) is 14.0. The molecule has 3 aromatic rings. The molecule has 34 heavy (non-hydrogen) atoms. The monoisotopic (exact) mass is 525 g/mol. The van der Waals surface area contributed by atoms with Gasteiger partial charge in [0.15, 0.2) is 16.3 Å². The summed E-state index contributed by atoms with van der Waals surface area (Å²) in [5.74, 6) is 0.684. The van der Waals surface area contributed by atoms with E-state index in [4.69, 9.17) is 14.2 Å². The number of benzene rings is 1. The number of thiophene rings is 1. The van der Waals surface area contributed by atoms with E-state index in [1.54, 1.807) is 31.7 Å². The SMILES string of the molecule is CCOCCn1c(=NC(=O)C2CCCN2S(=O)(=O)c2cccs2)sc2cc(OC)c(OC)cc21. The zero-order valence-electron chi connectivity index (χ0n) is 19.2. The minimum atomic E-state index is -3.74. The van der Waals surface area contributed by atoms with E-state index in [2.05, 4.69) is 4.99 Å². The van der Waals surface area contributed by atoms with Crippen molar-refractivity contribution in [2.45, 2.75) is 36.6 Å². The Bertz CT molecular complexity index is 1330. The summed E-state index contributed by atoms with van der Waals surface area (Å²) in [5.41, 5.74) is 0.836. The van der Waals surface area contributed by atoms with Crippen LogP contribution in [0, 0.1) is 0 Å². The molecule has 184 valence electrons. The number of amides is 1. The van der Waals surface area contributed by atoms with Gasteiger partial charge < -0.3 is 18.8 Å². The van der Waals surface area contributed by atoms with E-state index >= 15 is 0 Å². The second-order valence-corrected chi connectivity index (χ2v) is 11.6. The van der Waals surface area contributed by atoms with Crippen LogP contribution in [0.4, 0.5) is 0 Å². The first-order chi connectivity index (χ1) is 16.4. The number of rotatable bonds is 9. The van der Waals surface area contributed by atoms with E-state index in [1.807, 2.05) is 23.6 Å². The molecule has 2 aromatic heterocycles. The number of fused-ring (bicyclic) bond motifs is 1. The number of thiazole rings is 1. The molecule has 4 rings (SSSR count). The first kappa shape index (κ1) is 24.9. The summed E-state index contributed by atoms with van der Waals surface area (Å²) >= 11 is 2.49. The Morgan fingerprint density at radius 1 is 1.24 bits per heavy atom. The van der Waals surface area contributed by atoms with Gasteiger partial charge in [0, 0.05) is 31.8 Å². The second-order valence-electron chi connectivity index (χ2n) is 7.56. The molecule has 9 nitrogen and oxygen atoms in total. The fourth-order valence-corrected chi connectivity index (χ4v) is 7.81. The van der Waals surface area contributed by atoms with Crippen molar-refractivity contribution in [1.29, 1.82) is 0 Å². The third-order valence-corrected chi connectivity index (χ3v) is 9.93. The van der Waals surface area contributed by atoms with Crippen LogP contribution < -0.4 is 14.3 Å². The Hall–Kier alpha value is -2.25. The number of carbonyl (C=O) groups is 1. The van der Waals surface area contributed by atoms with Crippen LogP contribution in [0.15, 0.2) is 38.8 Å². The molecule has 1 aliphatic heterocycles. The second kappa shape index (κ2) is 10.6. The number of carbonyl (C=O) groups excluding carboxylic acids is 1. The van der Waals surface area contributed by atoms with Crippen molar-refractivity contribution in [3.63, 3.8) is 0 Å². The number of hydrogen-bond donors (Lipinski definition) is 0. The van der Waals surface area contributed by atoms with E-state index in [1.165, 1.54) is 15.6 Å². The molecule has 1 aliphatic rings. The molecule has 1 saturated heterocycles. The molecule has 0 bridgehead atoms. The quantitative estimate of drug-likeness (QED) is 0.398. The molecule has 0 radical (unpaired) electrons. The van der Waals surface area contributed by atoms with E-state index in [0.29, 0.717) is 55.4 Å². The third kappa shape index (κ3) is 4.78. The van der Waals surface area contributed by atoms with Gasteiger partial charge in [0.1, 0.15) is 10.3 Å². The Morgan fingerprint density at radius 3 is 2.68 bits per heavy atom. The van der Waals surface area contributed by atoms with Crippen LogP contribution >= 0.6 is 22.7 Å². The van der Waals surface area contributed by atoms with Crippen molar-refractivity contribution in [2.24, 2.45) is 4.99 Å². The molecule has 0 N–H and O–H groups in total. The molecule has 1 amide bonds. The van der Waals surface area contributed by atoms with Crippen LogP contribution in [0.2, 0.25) is 0 Å². The lowest BCUT2D eigenvalue weighted by atomic mass is 10.2. The van der Waals surface area contributed by atoms with Crippen molar-refractivity contribution in [3.8, 4) is 11.5 Å². The van der Waals surface area contributed by atoms with E-state index in [9.17, 15) is 13.2 Å². The highest BCUT2D eigenvalue weighted by Gasteiger charge is 2.40. The van der Waals surface area contributed by atoms with Crippen LogP contribution in [-0.2, 0) is 26.1 Å². The molecule has 1 fully saturated rings. The molecule has 0 saturated carbocycles. The van der Waals surface area contributed by atoms with Crippen molar-refractivity contribution in [2.75, 3.05) is 34.0 Å². The highest BCUT2D eigenvalue weighted by Crippen LogP contribution is 2.34. The molecule has 12 heteroatoms. The lowest BCUT2D eigenvalue weighted by Crippen LogP contribution is -2.40. The number of nitrogens with zero attached hydrogens (tertiary/aromatic N) is 3. The first-order valence-electron chi connectivity index (χ1n) is 10.9. The maximum Gasteiger partial charge on any atom is 0.266 e. The van der Waals surface area contributed by atoms with Gasteiger partial charge in [-0.25, -0.2) is 8.42 Å². The number of sulfonamides is 1. The minimum absolute atomic E-state index is 0.236. The Morgan fingerprint density at radius 2 is 2.00 bits per heavy atom. The summed E-state index contributed by atoms with van der Waals surface area (Å²) in [6, 6.07) is 6.13. The fraction of sp³-hybridized carbons (Fsp3) is 0.455. The Kier molecular flexibility index (Phi) is 7.73. The summed E-state index contributed by atoms with van der Waals surface area (Å²) < 4.78 is 46.9. The summed E-state index contributed by atoms with van der Waals surface area (Å²) in [4.78, 5) is 18.2. The predicted octanol–water partition coefficient (Wildman–Crippen LogP) is 3.10. The Labute approximate surface area is 206 Å². The van der Waals surface area contributed by atoms with E-state index in [-0.39, 0.29) is 4.21 Å². The number of aromatic nitrogens is 1. The number of ether oxygens (including phenoxy) is 3. The zero-order valence-corrected chi connectivity index (χ0v) is 21.7. The maximum absolute atomic E-state index is 13.3. The minimum Gasteiger partial charge on any atom is -0.493 e. The van der Waals surface area contributed by atoms with E-state index < -0.39 is 22.0 Å². The molecule has 1 unspecified atom stereocenters. The molecule has 1 aromatic carbocycles. The van der Waals surface area contributed by atoms with Crippen LogP contribution in [-0.4, -0.2) is 63.2 Å². The normalized spacial score (nSPS) is 17.5. The molecular formula is C22H27N3O6S3. The average molecular weight is 526 g/mol. The summed E-state index contributed by atoms with van der Waals surface area (Å²) in [5, 5.41) is 1.71. The number of hydrogen-bond acceptors (Lipinski definition) is 8. The largest absolute Gasteiger partial charge is 0.493 e. The van der Waals surface area contributed by atoms with Gasteiger partial charge in [0.2, 0.25) is 0 Å². The van der Waals surface area contributed by atoms with Crippen molar-refractivity contribution in [3.05, 3.63) is 34.4 Å². The summed E-state index contributed by atoms with van der Waals surface area (Å²) in [6.45, 7) is 3.72. The summed E-state index contributed by atoms with van der Waals surface area (Å²) in [7, 11) is -0.603. The van der Waals surface area contributed by atoms with Gasteiger partial charge in [0.25, 0.3) is 15.9 Å². The zero-order chi connectivity index (χ0) is 24.3. The number of methoxy groups -OCH3 is 2. The predicted molar refractivity (Wildman–Crippen MR) is 131 cm³/mol. The van der Waals surface area contributed by atoms with E-state index in [0.717, 1.165) is 21.6 Å². The Balaban J connectivity index is 1.75. The van der Waals surface area contributed by atoms with Crippen LogP contribution in [0.1, 0.15) is 19.8 Å². The highest BCUT2D eigenvalue weighted by atomic mass is 32.2. The smallest absolute Gasteiger partial charge is 0.266 e. The van der Waals surface area contributed by atoms with Crippen molar-refractivity contribution in [1.82, 2.24) is 8.87 Å². The maximum atomic E-state index is 13.3. The van der Waals surface area contributed by atoms with Gasteiger partial charge in [-0.3, -0.25) is 4.79 Å². The van der Waals surface area contributed by atoms with Crippen LogP contribution in [0.3, 0.4) is 0 Å². The molecule has 3 heterocycles.